The molecule has 18 heavy (non-hydrogen) atoms. The van der Waals surface area contributed by atoms with Crippen LogP contribution < -0.4 is 0 Å². The first-order valence-electron chi connectivity index (χ1n) is 8.84. The molecule has 0 saturated heterocycles. The highest BCUT2D eigenvalue weighted by molar-refractivity contribution is 4.88. The van der Waals surface area contributed by atoms with Gasteiger partial charge in [-0.05, 0) is 48.9 Å². The van der Waals surface area contributed by atoms with Crippen molar-refractivity contribution in [2.45, 2.75) is 84.0 Å². The molecule has 3 aliphatic carbocycles. The molecule has 0 radical (unpaired) electrons. The molecule has 3 rings (SSSR count). The molecule has 0 spiro atoms. The summed E-state index contributed by atoms with van der Waals surface area (Å²) in [5.74, 6) is 5.50. The van der Waals surface area contributed by atoms with E-state index in [-0.39, 0.29) is 0 Å². The van der Waals surface area contributed by atoms with Crippen LogP contribution in [0.25, 0.3) is 0 Å². The summed E-state index contributed by atoms with van der Waals surface area (Å²) in [6.45, 7) is 2.56. The fourth-order valence-electron chi connectivity index (χ4n) is 5.50. The second-order valence-electron chi connectivity index (χ2n) is 7.65. The Balaban J connectivity index is 1.56. The molecule has 3 saturated carbocycles. The van der Waals surface area contributed by atoms with Gasteiger partial charge in [0.2, 0.25) is 0 Å². The van der Waals surface area contributed by atoms with Gasteiger partial charge in [0.25, 0.3) is 0 Å². The topological polar surface area (TPSA) is 0 Å². The van der Waals surface area contributed by atoms with Crippen molar-refractivity contribution in [3.8, 4) is 0 Å². The maximum atomic E-state index is 2.56. The van der Waals surface area contributed by atoms with Gasteiger partial charge >= 0.3 is 0 Å². The molecule has 4 unspecified atom stereocenters. The number of rotatable bonds is 3. The van der Waals surface area contributed by atoms with Crippen molar-refractivity contribution in [3.63, 3.8) is 0 Å². The van der Waals surface area contributed by atoms with Crippen molar-refractivity contribution in [2.75, 3.05) is 0 Å². The molecule has 0 aromatic rings. The van der Waals surface area contributed by atoms with Gasteiger partial charge in [0, 0.05) is 0 Å². The van der Waals surface area contributed by atoms with Crippen LogP contribution in [0.3, 0.4) is 0 Å². The Labute approximate surface area is 114 Å². The molecular formula is C18H32. The monoisotopic (exact) mass is 248 g/mol. The zero-order chi connectivity index (χ0) is 12.4. The van der Waals surface area contributed by atoms with E-state index in [2.05, 4.69) is 6.92 Å². The first-order chi connectivity index (χ1) is 8.84. The minimum absolute atomic E-state index is 1.03. The van der Waals surface area contributed by atoms with Gasteiger partial charge in [-0.15, -0.1) is 0 Å². The molecule has 3 aliphatic rings. The highest BCUT2D eigenvalue weighted by Gasteiger charge is 2.38. The van der Waals surface area contributed by atoms with Gasteiger partial charge in [0.1, 0.15) is 0 Å². The largest absolute Gasteiger partial charge is 0.0622 e. The van der Waals surface area contributed by atoms with Crippen molar-refractivity contribution < 1.29 is 0 Å². The summed E-state index contributed by atoms with van der Waals surface area (Å²) in [5, 5.41) is 0. The van der Waals surface area contributed by atoms with Gasteiger partial charge in [-0.25, -0.2) is 0 Å². The number of fused-ring (bicyclic) bond motifs is 1. The number of hydrogen-bond donors (Lipinski definition) is 0. The average Bonchev–Trinajstić information content (AvgIpc) is 2.91. The Bertz CT molecular complexity index is 251. The second-order valence-corrected chi connectivity index (χ2v) is 7.65. The maximum absolute atomic E-state index is 2.56. The predicted molar refractivity (Wildman–Crippen MR) is 78.5 cm³/mol. The van der Waals surface area contributed by atoms with Crippen LogP contribution in [0.4, 0.5) is 0 Å². The van der Waals surface area contributed by atoms with Crippen molar-refractivity contribution >= 4 is 0 Å². The van der Waals surface area contributed by atoms with Crippen LogP contribution in [-0.4, -0.2) is 0 Å². The minimum Gasteiger partial charge on any atom is -0.0622 e. The van der Waals surface area contributed by atoms with E-state index >= 15 is 0 Å². The minimum atomic E-state index is 1.03. The quantitative estimate of drug-likeness (QED) is 0.591. The first-order valence-corrected chi connectivity index (χ1v) is 8.84. The highest BCUT2D eigenvalue weighted by atomic mass is 14.4. The van der Waals surface area contributed by atoms with Crippen molar-refractivity contribution in [1.82, 2.24) is 0 Å². The lowest BCUT2D eigenvalue weighted by Gasteiger charge is -2.45. The predicted octanol–water partition coefficient (Wildman–Crippen LogP) is 5.81. The van der Waals surface area contributed by atoms with Gasteiger partial charge in [0.05, 0.1) is 0 Å². The van der Waals surface area contributed by atoms with E-state index < -0.39 is 0 Å². The zero-order valence-corrected chi connectivity index (χ0v) is 12.4. The van der Waals surface area contributed by atoms with E-state index in [0.717, 1.165) is 29.6 Å². The summed E-state index contributed by atoms with van der Waals surface area (Å²) in [4.78, 5) is 0. The molecule has 4 atom stereocenters. The van der Waals surface area contributed by atoms with Gasteiger partial charge in [0.15, 0.2) is 0 Å². The van der Waals surface area contributed by atoms with Gasteiger partial charge in [-0.3, -0.25) is 0 Å². The third-order valence-electron chi connectivity index (χ3n) is 6.62. The standard InChI is InChI=1S/C18H32/c1-14-10-12-16-8-4-5-9-18(16)17(14)13-11-15-6-2-3-7-15/h14-18H,2-13H2,1H3. The van der Waals surface area contributed by atoms with Crippen molar-refractivity contribution in [2.24, 2.45) is 29.6 Å². The summed E-state index contributed by atoms with van der Waals surface area (Å²) in [6, 6.07) is 0. The van der Waals surface area contributed by atoms with E-state index in [4.69, 9.17) is 0 Å². The molecule has 0 nitrogen and oxygen atoms in total. The first kappa shape index (κ1) is 13.0. The molecule has 0 heterocycles. The maximum Gasteiger partial charge on any atom is -0.0355 e. The van der Waals surface area contributed by atoms with Crippen LogP contribution in [0.15, 0.2) is 0 Å². The Morgan fingerprint density at radius 3 is 2.28 bits per heavy atom. The van der Waals surface area contributed by atoms with Crippen LogP contribution in [0.1, 0.15) is 84.0 Å². The van der Waals surface area contributed by atoms with E-state index in [1.54, 1.807) is 44.9 Å². The molecule has 0 aromatic carbocycles. The zero-order valence-electron chi connectivity index (χ0n) is 12.4. The fourth-order valence-corrected chi connectivity index (χ4v) is 5.50. The summed E-state index contributed by atoms with van der Waals surface area (Å²) in [6.07, 6.45) is 18.6. The van der Waals surface area contributed by atoms with E-state index in [1.807, 2.05) is 0 Å². The van der Waals surface area contributed by atoms with Crippen LogP contribution in [0.5, 0.6) is 0 Å². The van der Waals surface area contributed by atoms with Crippen LogP contribution in [-0.2, 0) is 0 Å². The van der Waals surface area contributed by atoms with Crippen LogP contribution in [0, 0.1) is 29.6 Å². The average molecular weight is 248 g/mol. The molecular weight excluding hydrogens is 216 g/mol. The van der Waals surface area contributed by atoms with Crippen molar-refractivity contribution in [3.05, 3.63) is 0 Å². The Morgan fingerprint density at radius 2 is 1.44 bits per heavy atom. The molecule has 0 N–H and O–H groups in total. The molecule has 0 aliphatic heterocycles. The lowest BCUT2D eigenvalue weighted by molar-refractivity contribution is 0.0524. The molecule has 3 fully saturated rings. The van der Waals surface area contributed by atoms with Crippen LogP contribution in [0.2, 0.25) is 0 Å². The third kappa shape index (κ3) is 2.78. The summed E-state index contributed by atoms with van der Waals surface area (Å²) < 4.78 is 0. The second kappa shape index (κ2) is 5.97. The SMILES string of the molecule is CC1CCC2CCCCC2C1CCC1CCCC1. The lowest BCUT2D eigenvalue weighted by Crippen LogP contribution is -2.35. The van der Waals surface area contributed by atoms with E-state index in [9.17, 15) is 0 Å². The third-order valence-corrected chi connectivity index (χ3v) is 6.62. The van der Waals surface area contributed by atoms with Crippen LogP contribution >= 0.6 is 0 Å². The number of hydrogen-bond acceptors (Lipinski definition) is 0. The Morgan fingerprint density at radius 1 is 0.722 bits per heavy atom. The van der Waals surface area contributed by atoms with Gasteiger partial charge < -0.3 is 0 Å². The Hall–Kier alpha value is 0. The smallest absolute Gasteiger partial charge is 0.0355 e. The summed E-state index contributed by atoms with van der Waals surface area (Å²) >= 11 is 0. The highest BCUT2D eigenvalue weighted by Crippen LogP contribution is 2.48. The molecule has 104 valence electrons. The van der Waals surface area contributed by atoms with E-state index in [0.29, 0.717) is 0 Å². The molecule has 0 amide bonds. The fraction of sp³-hybridized carbons (Fsp3) is 1.00. The molecule has 0 heteroatoms. The summed E-state index contributed by atoms with van der Waals surface area (Å²) in [5.41, 5.74) is 0. The molecule has 0 bridgehead atoms. The lowest BCUT2D eigenvalue weighted by atomic mass is 9.60. The van der Waals surface area contributed by atoms with Crippen molar-refractivity contribution in [1.29, 1.82) is 0 Å². The molecule has 0 aromatic heterocycles. The van der Waals surface area contributed by atoms with E-state index in [1.165, 1.54) is 32.1 Å². The normalized spacial score (nSPS) is 41.8. The summed E-state index contributed by atoms with van der Waals surface area (Å²) in [7, 11) is 0. The van der Waals surface area contributed by atoms with Gasteiger partial charge in [-0.2, -0.15) is 0 Å². The van der Waals surface area contributed by atoms with Gasteiger partial charge in [-0.1, -0.05) is 64.7 Å². The Kier molecular flexibility index (Phi) is 4.31.